The average molecular weight is 438 g/mol. The summed E-state index contributed by atoms with van der Waals surface area (Å²) in [5.74, 6) is -1.46. The van der Waals surface area contributed by atoms with E-state index < -0.39 is 18.1 Å². The van der Waals surface area contributed by atoms with E-state index in [2.05, 4.69) is 5.32 Å². The van der Waals surface area contributed by atoms with E-state index in [1.807, 2.05) is 48.5 Å². The largest absolute Gasteiger partial charge is 0.508 e. The summed E-state index contributed by atoms with van der Waals surface area (Å²) in [6.45, 7) is 0.0780. The summed E-state index contributed by atoms with van der Waals surface area (Å²) in [6, 6.07) is 18.9. The van der Waals surface area contributed by atoms with Gasteiger partial charge in [-0.3, -0.25) is 0 Å². The van der Waals surface area contributed by atoms with Gasteiger partial charge in [0.2, 0.25) is 0 Å². The highest BCUT2D eigenvalue weighted by atomic mass is 35.5. The molecular weight excluding hydrogens is 418 g/mol. The Balaban J connectivity index is 1.45. The van der Waals surface area contributed by atoms with Crippen molar-refractivity contribution >= 4 is 23.7 Å². The molecule has 6 nitrogen and oxygen atoms in total. The molecule has 0 saturated carbocycles. The molecule has 1 atom stereocenters. The zero-order valence-corrected chi connectivity index (χ0v) is 17.2. The Morgan fingerprint density at radius 3 is 2.23 bits per heavy atom. The number of phenols is 1. The van der Waals surface area contributed by atoms with Crippen molar-refractivity contribution in [1.82, 2.24) is 5.32 Å². The monoisotopic (exact) mass is 437 g/mol. The van der Waals surface area contributed by atoms with Crippen LogP contribution in [0.5, 0.6) is 5.75 Å². The van der Waals surface area contributed by atoms with E-state index >= 15 is 0 Å². The molecule has 0 spiro atoms. The van der Waals surface area contributed by atoms with Gasteiger partial charge in [-0.2, -0.15) is 0 Å². The number of nitrogens with one attached hydrogen (secondary N) is 1. The first-order valence-corrected chi connectivity index (χ1v) is 10.1. The first kappa shape index (κ1) is 20.8. The SMILES string of the molecule is O=C(NC(Cc1cc(Cl)ccc1O)C(=O)O)OCC1c2ccccc2-c2ccccc21. The lowest BCUT2D eigenvalue weighted by Gasteiger charge is -2.18. The molecule has 1 amide bonds. The van der Waals surface area contributed by atoms with E-state index in [1.165, 1.54) is 18.2 Å². The Morgan fingerprint density at radius 2 is 1.61 bits per heavy atom. The van der Waals surface area contributed by atoms with Crippen LogP contribution in [-0.2, 0) is 16.0 Å². The molecule has 1 unspecified atom stereocenters. The summed E-state index contributed by atoms with van der Waals surface area (Å²) in [6.07, 6.45) is -0.970. The summed E-state index contributed by atoms with van der Waals surface area (Å²) in [7, 11) is 0. The maximum Gasteiger partial charge on any atom is 0.407 e. The minimum Gasteiger partial charge on any atom is -0.508 e. The van der Waals surface area contributed by atoms with Gasteiger partial charge in [-0.25, -0.2) is 9.59 Å². The van der Waals surface area contributed by atoms with Gasteiger partial charge in [0, 0.05) is 17.4 Å². The van der Waals surface area contributed by atoms with E-state index in [4.69, 9.17) is 16.3 Å². The first-order valence-electron chi connectivity index (χ1n) is 9.75. The number of alkyl carbamates (subject to hydrolysis) is 1. The molecule has 31 heavy (non-hydrogen) atoms. The molecule has 1 aliphatic carbocycles. The van der Waals surface area contributed by atoms with E-state index in [-0.39, 0.29) is 24.7 Å². The number of hydrogen-bond donors (Lipinski definition) is 3. The molecular formula is C24H20ClNO5. The third kappa shape index (κ3) is 4.34. The number of amides is 1. The number of phenolic OH excluding ortho intramolecular Hbond substituents is 1. The summed E-state index contributed by atoms with van der Waals surface area (Å²) < 4.78 is 5.41. The van der Waals surface area contributed by atoms with Crippen LogP contribution in [0.2, 0.25) is 5.02 Å². The second kappa shape index (κ2) is 8.70. The number of carbonyl (C=O) groups excluding carboxylic acids is 1. The van der Waals surface area contributed by atoms with Gasteiger partial charge in [0.25, 0.3) is 0 Å². The van der Waals surface area contributed by atoms with Crippen molar-refractivity contribution in [3.63, 3.8) is 0 Å². The molecule has 0 heterocycles. The number of benzene rings is 3. The van der Waals surface area contributed by atoms with Crippen molar-refractivity contribution in [2.24, 2.45) is 0 Å². The molecule has 3 aromatic carbocycles. The summed E-state index contributed by atoms with van der Waals surface area (Å²) >= 11 is 5.92. The zero-order valence-electron chi connectivity index (χ0n) is 16.4. The van der Waals surface area contributed by atoms with Crippen LogP contribution < -0.4 is 5.32 Å². The molecule has 4 rings (SSSR count). The Hall–Kier alpha value is -3.51. The van der Waals surface area contributed by atoms with E-state index in [1.54, 1.807) is 0 Å². The van der Waals surface area contributed by atoms with Gasteiger partial charge < -0.3 is 20.3 Å². The fourth-order valence-corrected chi connectivity index (χ4v) is 4.11. The molecule has 3 aromatic rings. The fraction of sp³-hybridized carbons (Fsp3) is 0.167. The smallest absolute Gasteiger partial charge is 0.407 e. The Morgan fingerprint density at radius 1 is 1.00 bits per heavy atom. The molecule has 0 radical (unpaired) electrons. The van der Waals surface area contributed by atoms with Crippen molar-refractivity contribution in [3.8, 4) is 16.9 Å². The number of carboxylic acids is 1. The van der Waals surface area contributed by atoms with Crippen molar-refractivity contribution < 1.29 is 24.5 Å². The van der Waals surface area contributed by atoms with E-state index in [9.17, 15) is 19.8 Å². The third-order valence-electron chi connectivity index (χ3n) is 5.40. The fourth-order valence-electron chi connectivity index (χ4n) is 3.92. The molecule has 3 N–H and O–H groups in total. The van der Waals surface area contributed by atoms with Gasteiger partial charge in [0.05, 0.1) is 0 Å². The minimum atomic E-state index is -1.28. The van der Waals surface area contributed by atoms with Crippen molar-refractivity contribution in [2.75, 3.05) is 6.61 Å². The van der Waals surface area contributed by atoms with Gasteiger partial charge in [-0.15, -0.1) is 0 Å². The number of aliphatic carboxylic acids is 1. The molecule has 1 aliphatic rings. The molecule has 0 fully saturated rings. The number of ether oxygens (including phenoxy) is 1. The number of carboxylic acid groups (broad SMARTS) is 1. The number of fused-ring (bicyclic) bond motifs is 3. The van der Waals surface area contributed by atoms with Crippen LogP contribution in [-0.4, -0.2) is 34.9 Å². The van der Waals surface area contributed by atoms with Crippen LogP contribution in [0.15, 0.2) is 66.7 Å². The number of rotatable bonds is 6. The van der Waals surface area contributed by atoms with Crippen LogP contribution in [0.1, 0.15) is 22.6 Å². The number of halogens is 1. The van der Waals surface area contributed by atoms with Crippen molar-refractivity contribution in [1.29, 1.82) is 0 Å². The number of aromatic hydroxyl groups is 1. The van der Waals surface area contributed by atoms with E-state index in [0.717, 1.165) is 22.3 Å². The van der Waals surface area contributed by atoms with E-state index in [0.29, 0.717) is 10.6 Å². The molecule has 0 aromatic heterocycles. The predicted molar refractivity (Wildman–Crippen MR) is 116 cm³/mol. The second-order valence-corrected chi connectivity index (χ2v) is 7.77. The molecule has 0 saturated heterocycles. The summed E-state index contributed by atoms with van der Waals surface area (Å²) in [4.78, 5) is 24.0. The van der Waals surface area contributed by atoms with Crippen molar-refractivity contribution in [3.05, 3.63) is 88.4 Å². The van der Waals surface area contributed by atoms with Crippen LogP contribution in [0, 0.1) is 0 Å². The highest BCUT2D eigenvalue weighted by Gasteiger charge is 2.30. The van der Waals surface area contributed by atoms with Gasteiger partial charge in [-0.05, 0) is 46.0 Å². The van der Waals surface area contributed by atoms with Gasteiger partial charge in [0.15, 0.2) is 0 Å². The lowest BCUT2D eigenvalue weighted by atomic mass is 9.98. The standard InChI is InChI=1S/C24H20ClNO5/c25-15-9-10-22(27)14(11-15)12-21(23(28)29)26-24(30)31-13-20-18-7-3-1-5-16(18)17-6-2-4-8-19(17)20/h1-11,20-21,27H,12-13H2,(H,26,30)(H,28,29). The van der Waals surface area contributed by atoms with Gasteiger partial charge in [-0.1, -0.05) is 60.1 Å². The molecule has 158 valence electrons. The zero-order chi connectivity index (χ0) is 22.0. The number of carbonyl (C=O) groups is 2. The van der Waals surface area contributed by atoms with Crippen LogP contribution in [0.25, 0.3) is 11.1 Å². The topological polar surface area (TPSA) is 95.9 Å². The molecule has 0 aliphatic heterocycles. The Labute approximate surface area is 184 Å². The number of hydrogen-bond acceptors (Lipinski definition) is 4. The first-order chi connectivity index (χ1) is 14.9. The Bertz CT molecular complexity index is 1100. The predicted octanol–water partition coefficient (Wildman–Crippen LogP) is 4.58. The van der Waals surface area contributed by atoms with Crippen LogP contribution in [0.3, 0.4) is 0 Å². The minimum absolute atomic E-state index is 0.0780. The summed E-state index contributed by atoms with van der Waals surface area (Å²) in [5.41, 5.74) is 4.66. The molecule has 0 bridgehead atoms. The highest BCUT2D eigenvalue weighted by molar-refractivity contribution is 6.30. The van der Waals surface area contributed by atoms with Crippen molar-refractivity contribution in [2.45, 2.75) is 18.4 Å². The lowest BCUT2D eigenvalue weighted by molar-refractivity contribution is -0.139. The average Bonchev–Trinajstić information content (AvgIpc) is 3.08. The second-order valence-electron chi connectivity index (χ2n) is 7.34. The highest BCUT2D eigenvalue weighted by Crippen LogP contribution is 2.44. The third-order valence-corrected chi connectivity index (χ3v) is 5.63. The van der Waals surface area contributed by atoms with Gasteiger partial charge in [0.1, 0.15) is 18.4 Å². The molecule has 7 heteroatoms. The quantitative estimate of drug-likeness (QED) is 0.524. The van der Waals surface area contributed by atoms with Crippen LogP contribution in [0.4, 0.5) is 4.79 Å². The van der Waals surface area contributed by atoms with Crippen LogP contribution >= 0.6 is 11.6 Å². The Kier molecular flexibility index (Phi) is 5.82. The maximum absolute atomic E-state index is 12.4. The normalized spacial score (nSPS) is 13.2. The van der Waals surface area contributed by atoms with Gasteiger partial charge >= 0.3 is 12.1 Å². The maximum atomic E-state index is 12.4. The summed E-state index contributed by atoms with van der Waals surface area (Å²) in [5, 5.41) is 22.2. The lowest BCUT2D eigenvalue weighted by Crippen LogP contribution is -2.42.